The maximum atomic E-state index is 10.0. The molecule has 6 nitrogen and oxygen atoms in total. The summed E-state index contributed by atoms with van der Waals surface area (Å²) in [5, 5.41) is 29.8. The second-order valence-electron chi connectivity index (χ2n) is 6.54. The van der Waals surface area contributed by atoms with Gasteiger partial charge in [0.2, 0.25) is 0 Å². The Kier molecular flexibility index (Phi) is 7.71. The summed E-state index contributed by atoms with van der Waals surface area (Å²) in [6, 6.07) is 0. The van der Waals surface area contributed by atoms with Crippen molar-refractivity contribution in [3.8, 4) is 0 Å². The van der Waals surface area contributed by atoms with Crippen molar-refractivity contribution in [2.45, 2.75) is 84.3 Å². The molecule has 3 N–H and O–H groups in total. The number of ether oxygens (including phenoxy) is 3. The number of rotatable bonds is 5. The largest absolute Gasteiger partial charge is 0.388 e. The third-order valence-electron chi connectivity index (χ3n) is 4.01. The molecule has 5 atom stereocenters. The number of hydrogen-bond acceptors (Lipinski definition) is 6. The normalized spacial score (nSPS) is 37.2. The van der Waals surface area contributed by atoms with Gasteiger partial charge in [0.05, 0.1) is 25.4 Å². The van der Waals surface area contributed by atoms with E-state index < -0.39 is 30.7 Å². The summed E-state index contributed by atoms with van der Waals surface area (Å²) in [6.45, 7) is 11.2. The van der Waals surface area contributed by atoms with E-state index in [2.05, 4.69) is 6.92 Å². The first-order valence-electron chi connectivity index (χ1n) is 8.25. The van der Waals surface area contributed by atoms with E-state index in [0.717, 1.165) is 6.42 Å². The molecule has 0 radical (unpaired) electrons. The Balaban J connectivity index is 0.00000116. The molecule has 0 amide bonds. The van der Waals surface area contributed by atoms with E-state index in [0.29, 0.717) is 19.6 Å². The average Bonchev–Trinajstić information content (AvgIpc) is 2.46. The van der Waals surface area contributed by atoms with Crippen molar-refractivity contribution in [1.82, 2.24) is 0 Å². The average molecular weight is 320 g/mol. The second kappa shape index (κ2) is 8.57. The van der Waals surface area contributed by atoms with Gasteiger partial charge in [0.15, 0.2) is 6.29 Å². The van der Waals surface area contributed by atoms with E-state index in [1.807, 2.05) is 27.7 Å². The van der Waals surface area contributed by atoms with E-state index >= 15 is 0 Å². The molecule has 2 rings (SSSR count). The molecule has 0 aromatic rings. The first kappa shape index (κ1) is 19.8. The van der Waals surface area contributed by atoms with Crippen LogP contribution in [0.4, 0.5) is 0 Å². The molecule has 132 valence electrons. The first-order valence-corrected chi connectivity index (χ1v) is 8.25. The smallest absolute Gasteiger partial charge is 0.186 e. The predicted octanol–water partition coefficient (Wildman–Crippen LogP) is 1.06. The van der Waals surface area contributed by atoms with Crippen molar-refractivity contribution < 1.29 is 29.5 Å². The van der Waals surface area contributed by atoms with Gasteiger partial charge in [0.1, 0.15) is 18.3 Å². The highest BCUT2D eigenvalue weighted by atomic mass is 16.7. The molecule has 0 aromatic carbocycles. The fourth-order valence-electron chi connectivity index (χ4n) is 2.62. The lowest BCUT2D eigenvalue weighted by Crippen LogP contribution is -2.58. The Hall–Kier alpha value is -0.240. The van der Waals surface area contributed by atoms with Gasteiger partial charge in [-0.3, -0.25) is 0 Å². The van der Waals surface area contributed by atoms with Gasteiger partial charge in [-0.05, 0) is 26.7 Å². The zero-order valence-electron chi connectivity index (χ0n) is 14.4. The molecule has 0 saturated carbocycles. The van der Waals surface area contributed by atoms with Crippen molar-refractivity contribution in [2.75, 3.05) is 13.2 Å². The third kappa shape index (κ3) is 4.88. The molecule has 2 aliphatic heterocycles. The van der Waals surface area contributed by atoms with Crippen LogP contribution in [0.3, 0.4) is 0 Å². The molecule has 0 bridgehead atoms. The van der Waals surface area contributed by atoms with Crippen molar-refractivity contribution in [1.29, 1.82) is 0 Å². The first-order chi connectivity index (χ1) is 10.3. The molecular formula is C16H32O6. The number of aliphatic hydroxyl groups excluding tert-OH is 3. The van der Waals surface area contributed by atoms with E-state index in [1.54, 1.807) is 0 Å². The Morgan fingerprint density at radius 2 is 1.68 bits per heavy atom. The quantitative estimate of drug-likeness (QED) is 0.702. The minimum Gasteiger partial charge on any atom is -0.388 e. The van der Waals surface area contributed by atoms with Crippen LogP contribution in [0.25, 0.3) is 0 Å². The molecule has 6 heteroatoms. The van der Waals surface area contributed by atoms with Crippen molar-refractivity contribution >= 4 is 0 Å². The molecule has 0 spiro atoms. The van der Waals surface area contributed by atoms with Gasteiger partial charge in [-0.2, -0.15) is 0 Å². The van der Waals surface area contributed by atoms with Gasteiger partial charge in [0.25, 0.3) is 0 Å². The van der Waals surface area contributed by atoms with Crippen LogP contribution >= 0.6 is 0 Å². The Morgan fingerprint density at radius 1 is 1.09 bits per heavy atom. The highest BCUT2D eigenvalue weighted by Crippen LogP contribution is 2.35. The van der Waals surface area contributed by atoms with Gasteiger partial charge in [0, 0.05) is 5.41 Å². The lowest BCUT2D eigenvalue weighted by molar-refractivity contribution is -0.306. The van der Waals surface area contributed by atoms with Crippen LogP contribution in [-0.4, -0.2) is 65.3 Å². The highest BCUT2D eigenvalue weighted by Gasteiger charge is 2.45. The molecule has 22 heavy (non-hydrogen) atoms. The van der Waals surface area contributed by atoms with Crippen molar-refractivity contribution in [3.05, 3.63) is 0 Å². The summed E-state index contributed by atoms with van der Waals surface area (Å²) in [5.41, 5.74) is 0.124. The van der Waals surface area contributed by atoms with E-state index in [1.165, 1.54) is 0 Å². The van der Waals surface area contributed by atoms with Gasteiger partial charge in [-0.25, -0.2) is 0 Å². The molecule has 2 heterocycles. The summed E-state index contributed by atoms with van der Waals surface area (Å²) in [7, 11) is 0. The fraction of sp³-hybridized carbons (Fsp3) is 1.00. The van der Waals surface area contributed by atoms with Crippen molar-refractivity contribution in [2.24, 2.45) is 5.41 Å². The number of hydrogen-bond donors (Lipinski definition) is 3. The van der Waals surface area contributed by atoms with Crippen LogP contribution in [0.1, 0.15) is 47.5 Å². The van der Waals surface area contributed by atoms with E-state index in [4.69, 9.17) is 14.2 Å². The van der Waals surface area contributed by atoms with Gasteiger partial charge >= 0.3 is 0 Å². The zero-order chi connectivity index (χ0) is 16.9. The topological polar surface area (TPSA) is 88.4 Å². The Bertz CT molecular complexity index is 318. The molecule has 2 saturated heterocycles. The van der Waals surface area contributed by atoms with Gasteiger partial charge in [-0.15, -0.1) is 0 Å². The second-order valence-corrected chi connectivity index (χ2v) is 6.54. The van der Waals surface area contributed by atoms with Crippen LogP contribution in [0.15, 0.2) is 0 Å². The lowest BCUT2D eigenvalue weighted by atomic mass is 9.81. The minimum atomic E-state index is -1.25. The Labute approximate surface area is 133 Å². The van der Waals surface area contributed by atoms with Gasteiger partial charge < -0.3 is 29.5 Å². The molecule has 2 aliphatic rings. The summed E-state index contributed by atoms with van der Waals surface area (Å²) in [6.07, 6.45) is -3.70. The highest BCUT2D eigenvalue weighted by molar-refractivity contribution is 4.91. The summed E-state index contributed by atoms with van der Waals surface area (Å²) in [4.78, 5) is 0. The monoisotopic (exact) mass is 320 g/mol. The Morgan fingerprint density at radius 3 is 2.14 bits per heavy atom. The molecule has 3 unspecified atom stereocenters. The molecule has 0 aromatic heterocycles. The summed E-state index contributed by atoms with van der Waals surface area (Å²) in [5.74, 6) is 0. The van der Waals surface area contributed by atoms with Crippen LogP contribution in [-0.2, 0) is 14.2 Å². The maximum absolute atomic E-state index is 10.0. The summed E-state index contributed by atoms with van der Waals surface area (Å²) >= 11 is 0. The van der Waals surface area contributed by atoms with E-state index in [9.17, 15) is 15.3 Å². The van der Waals surface area contributed by atoms with E-state index in [-0.39, 0.29) is 11.5 Å². The molecular weight excluding hydrogens is 288 g/mol. The van der Waals surface area contributed by atoms with Crippen molar-refractivity contribution in [3.63, 3.8) is 0 Å². The number of aliphatic hydroxyl groups is 3. The lowest BCUT2D eigenvalue weighted by Gasteiger charge is -2.43. The predicted molar refractivity (Wildman–Crippen MR) is 82.4 cm³/mol. The van der Waals surface area contributed by atoms with Crippen LogP contribution < -0.4 is 0 Å². The zero-order valence-corrected chi connectivity index (χ0v) is 14.4. The standard InChI is InChI=1S/C14H26O6.C2H6/c1-8(2)19-13-12(17)11(16)10(15)9(20-13)4-5-14(3)6-18-7-14;1-2/h8-13,15-17H,4-7H2,1-3H3;1-2H3/t9?,10-,11?,12?,13+;/m1./s1. The fourth-order valence-corrected chi connectivity index (χ4v) is 2.62. The van der Waals surface area contributed by atoms with Crippen LogP contribution in [0.2, 0.25) is 0 Å². The van der Waals surface area contributed by atoms with Gasteiger partial charge in [-0.1, -0.05) is 20.8 Å². The third-order valence-corrected chi connectivity index (χ3v) is 4.01. The van der Waals surface area contributed by atoms with Crippen LogP contribution in [0, 0.1) is 5.41 Å². The minimum absolute atomic E-state index is 0.124. The summed E-state index contributed by atoms with van der Waals surface area (Å²) < 4.78 is 16.3. The SMILES string of the molecule is CC.CC(C)O[C@H]1OC(CCC2(C)COC2)[C@@H](O)C(O)C1O. The molecule has 0 aliphatic carbocycles. The molecule has 2 fully saturated rings. The van der Waals surface area contributed by atoms with Crippen LogP contribution in [0.5, 0.6) is 0 Å². The maximum Gasteiger partial charge on any atom is 0.186 e.